The number of aromatic nitrogens is 4. The summed E-state index contributed by atoms with van der Waals surface area (Å²) in [6.45, 7) is 3.97. The summed E-state index contributed by atoms with van der Waals surface area (Å²) in [6, 6.07) is 7.07. The molecule has 3 heterocycles. The Bertz CT molecular complexity index is 1290. The Morgan fingerprint density at radius 1 is 1.23 bits per heavy atom. The van der Waals surface area contributed by atoms with Crippen LogP contribution in [0.1, 0.15) is 62.9 Å². The van der Waals surface area contributed by atoms with E-state index in [0.29, 0.717) is 15.8 Å². The van der Waals surface area contributed by atoms with E-state index in [1.165, 1.54) is 11.3 Å². The number of rotatable bonds is 5. The molecule has 1 fully saturated rings. The molecule has 0 radical (unpaired) electrons. The standard InChI is InChI=1S/C23H22ClN5OS/c1-12-17-13(2)26-20(15-4-5-15)28-23(17)31-19(12)22(30)27-18(21-25-10-11-29(21)3)14-6-8-16(24)9-7-14/h6-11,15,18H,4-5H2,1-3H3,(H,27,30)/t18-/m0/s1. The van der Waals surface area contributed by atoms with Gasteiger partial charge in [0.15, 0.2) is 0 Å². The SMILES string of the molecule is Cc1nc(C2CC2)nc2sc(C(=O)N[C@@H](c3ccc(Cl)cc3)c3nccn3C)c(C)c12. The molecular weight excluding hydrogens is 430 g/mol. The fourth-order valence-corrected chi connectivity index (χ4v) is 5.17. The Morgan fingerprint density at radius 3 is 2.61 bits per heavy atom. The third-order valence-corrected chi connectivity index (χ3v) is 7.17. The normalized spacial score (nSPS) is 14.7. The molecule has 6 nitrogen and oxygen atoms in total. The Morgan fingerprint density at radius 2 is 1.97 bits per heavy atom. The first-order chi connectivity index (χ1) is 14.9. The van der Waals surface area contributed by atoms with Gasteiger partial charge in [-0.3, -0.25) is 4.79 Å². The Balaban J connectivity index is 1.53. The van der Waals surface area contributed by atoms with E-state index in [1.807, 2.05) is 55.9 Å². The minimum Gasteiger partial charge on any atom is -0.337 e. The number of benzene rings is 1. The Labute approximate surface area is 189 Å². The molecule has 0 bridgehead atoms. The second kappa shape index (κ2) is 7.73. The number of carbonyl (C=O) groups excluding carboxylic acids is 1. The summed E-state index contributed by atoms with van der Waals surface area (Å²) in [7, 11) is 1.92. The number of imidazole rings is 1. The first-order valence-electron chi connectivity index (χ1n) is 10.2. The first kappa shape index (κ1) is 20.2. The van der Waals surface area contributed by atoms with Crippen LogP contribution in [0.15, 0.2) is 36.7 Å². The van der Waals surface area contributed by atoms with E-state index in [4.69, 9.17) is 21.6 Å². The number of nitrogens with one attached hydrogen (secondary N) is 1. The van der Waals surface area contributed by atoms with Gasteiger partial charge in [-0.1, -0.05) is 23.7 Å². The average molecular weight is 452 g/mol. The maximum Gasteiger partial charge on any atom is 0.262 e. The summed E-state index contributed by atoms with van der Waals surface area (Å²) in [5, 5.41) is 4.81. The fourth-order valence-electron chi connectivity index (χ4n) is 3.90. The minimum atomic E-state index is -0.399. The number of thiophene rings is 1. The van der Waals surface area contributed by atoms with E-state index in [0.717, 1.165) is 51.5 Å². The van der Waals surface area contributed by atoms with E-state index in [2.05, 4.69) is 10.3 Å². The van der Waals surface area contributed by atoms with E-state index in [-0.39, 0.29) is 5.91 Å². The molecule has 1 saturated carbocycles. The van der Waals surface area contributed by atoms with Gasteiger partial charge >= 0.3 is 0 Å². The van der Waals surface area contributed by atoms with Crippen molar-refractivity contribution in [1.29, 1.82) is 0 Å². The molecule has 8 heteroatoms. The molecule has 1 aliphatic carbocycles. The summed E-state index contributed by atoms with van der Waals surface area (Å²) in [5.74, 6) is 1.99. The second-order valence-electron chi connectivity index (χ2n) is 8.03. The highest BCUT2D eigenvalue weighted by Crippen LogP contribution is 2.40. The summed E-state index contributed by atoms with van der Waals surface area (Å²) in [6.07, 6.45) is 5.89. The van der Waals surface area contributed by atoms with Crippen LogP contribution in [0.25, 0.3) is 10.2 Å². The van der Waals surface area contributed by atoms with Crippen molar-refractivity contribution in [3.8, 4) is 0 Å². The summed E-state index contributed by atoms with van der Waals surface area (Å²) in [5.41, 5.74) is 2.78. The molecule has 0 unspecified atom stereocenters. The third-order valence-electron chi connectivity index (χ3n) is 5.73. The van der Waals surface area contributed by atoms with Crippen LogP contribution in [-0.2, 0) is 7.05 Å². The molecule has 158 valence electrons. The lowest BCUT2D eigenvalue weighted by molar-refractivity contribution is 0.0945. The van der Waals surface area contributed by atoms with Gasteiger partial charge in [-0.2, -0.15) is 0 Å². The molecule has 5 rings (SSSR count). The van der Waals surface area contributed by atoms with Crippen molar-refractivity contribution in [2.75, 3.05) is 0 Å². The smallest absolute Gasteiger partial charge is 0.262 e. The first-order valence-corrected chi connectivity index (χ1v) is 11.4. The number of fused-ring (bicyclic) bond motifs is 1. The van der Waals surface area contributed by atoms with Gasteiger partial charge in [-0.25, -0.2) is 15.0 Å². The molecule has 0 spiro atoms. The molecule has 31 heavy (non-hydrogen) atoms. The molecule has 1 atom stereocenters. The topological polar surface area (TPSA) is 72.7 Å². The number of halogens is 1. The van der Waals surface area contributed by atoms with Crippen molar-refractivity contribution in [3.63, 3.8) is 0 Å². The summed E-state index contributed by atoms with van der Waals surface area (Å²) in [4.78, 5) is 28.9. The number of aryl methyl sites for hydroxylation is 3. The van der Waals surface area contributed by atoms with Crippen molar-refractivity contribution in [1.82, 2.24) is 24.8 Å². The van der Waals surface area contributed by atoms with Crippen LogP contribution >= 0.6 is 22.9 Å². The zero-order chi connectivity index (χ0) is 21.7. The molecule has 1 aliphatic rings. The summed E-state index contributed by atoms with van der Waals surface area (Å²) < 4.78 is 1.91. The molecule has 4 aromatic rings. The van der Waals surface area contributed by atoms with Crippen molar-refractivity contribution in [3.05, 3.63) is 75.0 Å². The minimum absolute atomic E-state index is 0.143. The highest BCUT2D eigenvalue weighted by molar-refractivity contribution is 7.20. The van der Waals surface area contributed by atoms with E-state index < -0.39 is 6.04 Å². The zero-order valence-electron chi connectivity index (χ0n) is 17.5. The van der Waals surface area contributed by atoms with E-state index in [1.54, 1.807) is 6.20 Å². The predicted octanol–water partition coefficient (Wildman–Crippen LogP) is 5.09. The van der Waals surface area contributed by atoms with E-state index in [9.17, 15) is 4.79 Å². The summed E-state index contributed by atoms with van der Waals surface area (Å²) >= 11 is 7.51. The van der Waals surface area contributed by atoms with Gasteiger partial charge in [0.05, 0.1) is 10.6 Å². The third kappa shape index (κ3) is 3.72. The van der Waals surface area contributed by atoms with Gasteiger partial charge < -0.3 is 9.88 Å². The quantitative estimate of drug-likeness (QED) is 0.458. The molecule has 1 N–H and O–H groups in total. The molecular formula is C23H22ClN5OS. The number of amides is 1. The highest BCUT2D eigenvalue weighted by Gasteiger charge is 2.29. The highest BCUT2D eigenvalue weighted by atomic mass is 35.5. The molecule has 3 aromatic heterocycles. The number of hydrogen-bond donors (Lipinski definition) is 1. The van der Waals surface area contributed by atoms with Crippen molar-refractivity contribution >= 4 is 39.1 Å². The van der Waals surface area contributed by atoms with Gasteiger partial charge in [0.25, 0.3) is 5.91 Å². The fraction of sp³-hybridized carbons (Fsp3) is 0.304. The van der Waals surface area contributed by atoms with Crippen molar-refractivity contribution < 1.29 is 4.79 Å². The number of hydrogen-bond acceptors (Lipinski definition) is 5. The largest absolute Gasteiger partial charge is 0.337 e. The van der Waals surface area contributed by atoms with Crippen molar-refractivity contribution in [2.45, 2.75) is 38.6 Å². The van der Waals surface area contributed by atoms with Crippen LogP contribution in [0.3, 0.4) is 0 Å². The molecule has 0 saturated heterocycles. The lowest BCUT2D eigenvalue weighted by atomic mass is 10.1. The van der Waals surface area contributed by atoms with Gasteiger partial charge in [0, 0.05) is 35.8 Å². The van der Waals surface area contributed by atoms with Crippen LogP contribution in [0.5, 0.6) is 0 Å². The van der Waals surface area contributed by atoms with Crippen molar-refractivity contribution in [2.24, 2.45) is 7.05 Å². The maximum atomic E-state index is 13.4. The lowest BCUT2D eigenvalue weighted by Crippen LogP contribution is -2.31. The Kier molecular flexibility index (Phi) is 5.02. The number of nitrogens with zero attached hydrogens (tertiary/aromatic N) is 4. The van der Waals surface area contributed by atoms with E-state index >= 15 is 0 Å². The molecule has 1 amide bonds. The van der Waals surface area contributed by atoms with Crippen LogP contribution < -0.4 is 5.32 Å². The molecule has 1 aromatic carbocycles. The van der Waals surface area contributed by atoms with Gasteiger partial charge in [-0.05, 0) is 49.9 Å². The zero-order valence-corrected chi connectivity index (χ0v) is 19.1. The predicted molar refractivity (Wildman–Crippen MR) is 123 cm³/mol. The maximum absolute atomic E-state index is 13.4. The second-order valence-corrected chi connectivity index (χ2v) is 9.47. The average Bonchev–Trinajstić information content (AvgIpc) is 3.43. The van der Waals surface area contributed by atoms with Crippen LogP contribution in [0.4, 0.5) is 0 Å². The lowest BCUT2D eigenvalue weighted by Gasteiger charge is -2.19. The monoisotopic (exact) mass is 451 g/mol. The van der Waals surface area contributed by atoms with Crippen LogP contribution in [0.2, 0.25) is 5.02 Å². The number of carbonyl (C=O) groups is 1. The van der Waals surface area contributed by atoms with Crippen LogP contribution in [0, 0.1) is 13.8 Å². The van der Waals surface area contributed by atoms with Gasteiger partial charge in [0.2, 0.25) is 0 Å². The molecule has 0 aliphatic heterocycles. The van der Waals surface area contributed by atoms with Gasteiger partial charge in [0.1, 0.15) is 22.5 Å². The Hall–Kier alpha value is -2.77. The van der Waals surface area contributed by atoms with Crippen LogP contribution in [-0.4, -0.2) is 25.4 Å². The van der Waals surface area contributed by atoms with Gasteiger partial charge in [-0.15, -0.1) is 11.3 Å².